The Morgan fingerprint density at radius 3 is 1.64 bits per heavy atom. The summed E-state index contributed by atoms with van der Waals surface area (Å²) in [5.74, 6) is 0. The number of rotatable bonds is 8. The summed E-state index contributed by atoms with van der Waals surface area (Å²) in [5, 5.41) is 7.24. The number of nitrogens with zero attached hydrogens (tertiary/aromatic N) is 2. The highest BCUT2D eigenvalue weighted by molar-refractivity contribution is 6.14. The number of hydrogen-bond acceptors (Lipinski definition) is 2. The van der Waals surface area contributed by atoms with Gasteiger partial charge in [0.2, 0.25) is 0 Å². The summed E-state index contributed by atoms with van der Waals surface area (Å²) in [4.78, 5) is 2.41. The van der Waals surface area contributed by atoms with Gasteiger partial charge in [-0.1, -0.05) is 188 Å². The zero-order valence-corrected chi connectivity index (χ0v) is 36.6. The number of hydrogen-bond donors (Lipinski definition) is 0. The molecule has 11 aromatic carbocycles. The standard InChI is InChI=1S/C64H42N2O/c1-2-21-52-45(15-1)16-13-26-53(52)46-35-33-43(34-36-46)47-17-11-19-50(41-47)65(59-28-7-5-24-56(59)57-27-14-32-63-64(57)58-25-6-10-31-62(58)67-63)49-39-37-44(38-40-49)48-18-12-20-51(42-48)66-60-29-8-3-22-54(60)55-23-4-9-30-61(55)66/h1-42H. The van der Waals surface area contributed by atoms with E-state index in [1.54, 1.807) is 0 Å². The van der Waals surface area contributed by atoms with E-state index in [2.05, 4.69) is 258 Å². The topological polar surface area (TPSA) is 21.3 Å². The van der Waals surface area contributed by atoms with E-state index in [1.165, 1.54) is 43.7 Å². The molecule has 0 saturated carbocycles. The predicted molar refractivity (Wildman–Crippen MR) is 282 cm³/mol. The molecule has 314 valence electrons. The van der Waals surface area contributed by atoms with Gasteiger partial charge in [0.25, 0.3) is 0 Å². The molecule has 0 radical (unpaired) electrons. The van der Waals surface area contributed by atoms with Crippen LogP contribution >= 0.6 is 0 Å². The Labute approximate surface area is 388 Å². The first-order chi connectivity index (χ1) is 33.2. The van der Waals surface area contributed by atoms with Gasteiger partial charge in [-0.2, -0.15) is 0 Å². The second-order valence-electron chi connectivity index (χ2n) is 17.3. The fraction of sp³-hybridized carbons (Fsp3) is 0. The second-order valence-corrected chi connectivity index (χ2v) is 17.3. The Morgan fingerprint density at radius 1 is 0.313 bits per heavy atom. The van der Waals surface area contributed by atoms with Crippen LogP contribution in [0.4, 0.5) is 17.1 Å². The average Bonchev–Trinajstić information content (AvgIpc) is 3.95. The van der Waals surface area contributed by atoms with Crippen molar-refractivity contribution in [2.24, 2.45) is 0 Å². The normalized spacial score (nSPS) is 11.6. The Kier molecular flexibility index (Phi) is 9.17. The van der Waals surface area contributed by atoms with Crippen LogP contribution in [-0.2, 0) is 0 Å². The van der Waals surface area contributed by atoms with Gasteiger partial charge in [-0.3, -0.25) is 0 Å². The van der Waals surface area contributed by atoms with Crippen molar-refractivity contribution in [3.05, 3.63) is 255 Å². The number of benzene rings is 11. The molecule has 2 heterocycles. The average molecular weight is 855 g/mol. The third-order valence-corrected chi connectivity index (χ3v) is 13.4. The minimum atomic E-state index is 0.876. The van der Waals surface area contributed by atoms with Crippen LogP contribution in [0.25, 0.3) is 105 Å². The Bertz CT molecular complexity index is 3930. The number of aromatic nitrogens is 1. The molecule has 0 aliphatic carbocycles. The molecule has 0 unspecified atom stereocenters. The fourth-order valence-electron chi connectivity index (χ4n) is 10.3. The largest absolute Gasteiger partial charge is 0.456 e. The summed E-state index contributed by atoms with van der Waals surface area (Å²) >= 11 is 0. The molecule has 0 spiro atoms. The summed E-state index contributed by atoms with van der Waals surface area (Å²) in [6.07, 6.45) is 0. The first-order valence-corrected chi connectivity index (χ1v) is 22.9. The monoisotopic (exact) mass is 854 g/mol. The molecule has 3 nitrogen and oxygen atoms in total. The van der Waals surface area contributed by atoms with E-state index in [9.17, 15) is 0 Å². The Hall–Kier alpha value is -8.92. The van der Waals surface area contributed by atoms with E-state index in [0.29, 0.717) is 0 Å². The third-order valence-electron chi connectivity index (χ3n) is 13.4. The van der Waals surface area contributed by atoms with Crippen molar-refractivity contribution in [2.45, 2.75) is 0 Å². The van der Waals surface area contributed by atoms with E-state index >= 15 is 0 Å². The lowest BCUT2D eigenvalue weighted by molar-refractivity contribution is 0.669. The maximum Gasteiger partial charge on any atom is 0.136 e. The third kappa shape index (κ3) is 6.59. The Morgan fingerprint density at radius 2 is 0.851 bits per heavy atom. The maximum absolute atomic E-state index is 6.42. The lowest BCUT2D eigenvalue weighted by Gasteiger charge is -2.28. The van der Waals surface area contributed by atoms with E-state index in [4.69, 9.17) is 4.42 Å². The summed E-state index contributed by atoms with van der Waals surface area (Å²) in [5.41, 5.74) is 17.8. The highest BCUT2D eigenvalue weighted by Crippen LogP contribution is 2.46. The molecule has 0 fully saturated rings. The van der Waals surface area contributed by atoms with Crippen molar-refractivity contribution in [3.8, 4) is 50.2 Å². The lowest BCUT2D eigenvalue weighted by atomic mass is 9.95. The van der Waals surface area contributed by atoms with Crippen molar-refractivity contribution >= 4 is 71.6 Å². The van der Waals surface area contributed by atoms with Crippen LogP contribution in [0.1, 0.15) is 0 Å². The molecule has 0 atom stereocenters. The number of anilines is 3. The molecule has 0 bridgehead atoms. The van der Waals surface area contributed by atoms with Crippen LogP contribution in [-0.4, -0.2) is 4.57 Å². The van der Waals surface area contributed by atoms with Gasteiger partial charge >= 0.3 is 0 Å². The van der Waals surface area contributed by atoms with Crippen LogP contribution in [0.15, 0.2) is 259 Å². The lowest BCUT2D eigenvalue weighted by Crippen LogP contribution is -2.11. The van der Waals surface area contributed by atoms with Crippen LogP contribution in [0.5, 0.6) is 0 Å². The fourth-order valence-corrected chi connectivity index (χ4v) is 10.3. The van der Waals surface area contributed by atoms with E-state index in [-0.39, 0.29) is 0 Å². The van der Waals surface area contributed by atoms with Gasteiger partial charge in [-0.25, -0.2) is 0 Å². The second kappa shape index (κ2) is 16.0. The SMILES string of the molecule is c1cc(-c2ccc(-c3cccc4ccccc34)cc2)cc(N(c2ccc(-c3cccc(-n4c5ccccc5c5ccccc54)c3)cc2)c2ccccc2-c2cccc3oc4ccccc4c23)c1. The minimum absolute atomic E-state index is 0.876. The summed E-state index contributed by atoms with van der Waals surface area (Å²) < 4.78 is 8.80. The van der Waals surface area contributed by atoms with Crippen LogP contribution in [0, 0.1) is 0 Å². The van der Waals surface area contributed by atoms with E-state index in [1.807, 2.05) is 6.07 Å². The summed E-state index contributed by atoms with van der Waals surface area (Å²) in [6, 6.07) is 91.9. The molecular weight excluding hydrogens is 813 g/mol. The van der Waals surface area contributed by atoms with Gasteiger partial charge in [0.05, 0.1) is 16.7 Å². The molecule has 13 aromatic rings. The van der Waals surface area contributed by atoms with Gasteiger partial charge in [0.1, 0.15) is 11.2 Å². The van der Waals surface area contributed by atoms with Crippen molar-refractivity contribution < 1.29 is 4.42 Å². The molecular formula is C64H42N2O. The molecule has 0 amide bonds. The zero-order valence-electron chi connectivity index (χ0n) is 36.6. The molecule has 0 aliphatic rings. The molecule has 2 aromatic heterocycles. The molecule has 0 saturated heterocycles. The van der Waals surface area contributed by atoms with Crippen molar-refractivity contribution in [2.75, 3.05) is 4.90 Å². The first-order valence-electron chi connectivity index (χ1n) is 22.9. The number of fused-ring (bicyclic) bond motifs is 7. The highest BCUT2D eigenvalue weighted by atomic mass is 16.3. The van der Waals surface area contributed by atoms with Gasteiger partial charge in [-0.15, -0.1) is 0 Å². The van der Waals surface area contributed by atoms with Crippen molar-refractivity contribution in [1.82, 2.24) is 4.57 Å². The first kappa shape index (κ1) is 38.5. The van der Waals surface area contributed by atoms with Gasteiger partial charge in [0.15, 0.2) is 0 Å². The number of para-hydroxylation sites is 4. The van der Waals surface area contributed by atoms with Crippen LogP contribution in [0.2, 0.25) is 0 Å². The van der Waals surface area contributed by atoms with E-state index < -0.39 is 0 Å². The smallest absolute Gasteiger partial charge is 0.136 e. The van der Waals surface area contributed by atoms with Gasteiger partial charge in [-0.05, 0) is 116 Å². The Balaban J connectivity index is 0.932. The minimum Gasteiger partial charge on any atom is -0.456 e. The zero-order chi connectivity index (χ0) is 44.3. The highest BCUT2D eigenvalue weighted by Gasteiger charge is 2.21. The van der Waals surface area contributed by atoms with Crippen molar-refractivity contribution in [3.63, 3.8) is 0 Å². The van der Waals surface area contributed by atoms with Crippen molar-refractivity contribution in [1.29, 1.82) is 0 Å². The predicted octanol–water partition coefficient (Wildman–Crippen LogP) is 18.0. The molecule has 13 rings (SSSR count). The summed E-state index contributed by atoms with van der Waals surface area (Å²) in [6.45, 7) is 0. The summed E-state index contributed by atoms with van der Waals surface area (Å²) in [7, 11) is 0. The van der Waals surface area contributed by atoms with Gasteiger partial charge in [0, 0.05) is 44.2 Å². The molecule has 0 N–H and O–H groups in total. The van der Waals surface area contributed by atoms with Crippen LogP contribution in [0.3, 0.4) is 0 Å². The molecule has 67 heavy (non-hydrogen) atoms. The van der Waals surface area contributed by atoms with E-state index in [0.717, 1.165) is 78.1 Å². The quantitative estimate of drug-likeness (QED) is 0.152. The maximum atomic E-state index is 6.42. The van der Waals surface area contributed by atoms with Gasteiger partial charge < -0.3 is 13.9 Å². The number of furan rings is 1. The van der Waals surface area contributed by atoms with Crippen LogP contribution < -0.4 is 4.90 Å². The molecule has 0 aliphatic heterocycles. The molecule has 3 heteroatoms.